The highest BCUT2D eigenvalue weighted by atomic mass is 16.3. The van der Waals surface area contributed by atoms with Gasteiger partial charge >= 0.3 is 0 Å². The summed E-state index contributed by atoms with van der Waals surface area (Å²) in [5.74, 6) is 0.870. The lowest BCUT2D eigenvalue weighted by atomic mass is 9.97. The molecule has 2 nitrogen and oxygen atoms in total. The number of nitrogens with zero attached hydrogens (tertiary/aromatic N) is 1. The lowest BCUT2D eigenvalue weighted by molar-refractivity contribution is 0.615. The molecule has 0 unspecified atom stereocenters. The Morgan fingerprint density at radius 1 is 0.929 bits per heavy atom. The van der Waals surface area contributed by atoms with Gasteiger partial charge in [-0.25, -0.2) is 4.98 Å². The molecule has 2 heterocycles. The molecule has 4 aromatic rings. The third-order valence-electron chi connectivity index (χ3n) is 5.01. The molecule has 0 aliphatic heterocycles. The monoisotopic (exact) mass is 365 g/mol. The fourth-order valence-electron chi connectivity index (χ4n) is 3.67. The van der Waals surface area contributed by atoms with Crippen molar-refractivity contribution in [3.63, 3.8) is 0 Å². The van der Waals surface area contributed by atoms with E-state index >= 15 is 0 Å². The summed E-state index contributed by atoms with van der Waals surface area (Å²) in [6, 6.07) is 20.7. The number of aromatic nitrogens is 1. The maximum absolute atomic E-state index is 6.29. The first-order valence-electron chi connectivity index (χ1n) is 9.51. The lowest BCUT2D eigenvalue weighted by Gasteiger charge is -2.10. The topological polar surface area (TPSA) is 26.0 Å². The van der Waals surface area contributed by atoms with Crippen LogP contribution in [0.1, 0.15) is 16.7 Å². The first-order chi connectivity index (χ1) is 13.7. The summed E-state index contributed by atoms with van der Waals surface area (Å²) in [6.07, 6.45) is 5.33. The number of aryl methyl sites for hydroxylation is 1. The van der Waals surface area contributed by atoms with E-state index in [4.69, 9.17) is 9.40 Å². The SMILES string of the molecule is C=CCc1cc2c(CC=C)c(-c3ccccc3)oc2nc1-c1ccccc1C. The van der Waals surface area contributed by atoms with Crippen LogP contribution >= 0.6 is 0 Å². The van der Waals surface area contributed by atoms with Gasteiger partial charge in [-0.1, -0.05) is 66.7 Å². The molecule has 2 heteroatoms. The van der Waals surface area contributed by atoms with Crippen molar-refractivity contribution in [3.8, 4) is 22.6 Å². The van der Waals surface area contributed by atoms with Crippen molar-refractivity contribution in [1.82, 2.24) is 4.98 Å². The van der Waals surface area contributed by atoms with Gasteiger partial charge in [0.2, 0.25) is 5.71 Å². The van der Waals surface area contributed by atoms with Crippen molar-refractivity contribution < 1.29 is 4.42 Å². The second-order valence-corrected chi connectivity index (χ2v) is 6.93. The number of pyridine rings is 1. The van der Waals surface area contributed by atoms with E-state index in [1.54, 1.807) is 0 Å². The number of furan rings is 1. The van der Waals surface area contributed by atoms with Crippen LogP contribution in [-0.4, -0.2) is 4.98 Å². The smallest absolute Gasteiger partial charge is 0.227 e. The van der Waals surface area contributed by atoms with Crippen LogP contribution in [0.2, 0.25) is 0 Å². The van der Waals surface area contributed by atoms with Gasteiger partial charge in [0.15, 0.2) is 0 Å². The van der Waals surface area contributed by atoms with Crippen LogP contribution in [0.25, 0.3) is 33.7 Å². The molecule has 0 amide bonds. The molecule has 0 aliphatic carbocycles. The molecular weight excluding hydrogens is 342 g/mol. The van der Waals surface area contributed by atoms with Gasteiger partial charge < -0.3 is 4.42 Å². The molecule has 0 bridgehead atoms. The number of fused-ring (bicyclic) bond motifs is 1. The molecule has 138 valence electrons. The minimum absolute atomic E-state index is 0.668. The van der Waals surface area contributed by atoms with Crippen molar-refractivity contribution in [2.75, 3.05) is 0 Å². The van der Waals surface area contributed by atoms with Crippen molar-refractivity contribution in [3.05, 3.63) is 103 Å². The fourth-order valence-corrected chi connectivity index (χ4v) is 3.67. The predicted octanol–water partition coefficient (Wildman–Crippen LogP) is 6.93. The van der Waals surface area contributed by atoms with Crippen LogP contribution in [0.4, 0.5) is 0 Å². The highest BCUT2D eigenvalue weighted by molar-refractivity contribution is 5.89. The van der Waals surface area contributed by atoms with Crippen LogP contribution in [0.5, 0.6) is 0 Å². The number of benzene rings is 2. The quantitative estimate of drug-likeness (QED) is 0.346. The Morgan fingerprint density at radius 2 is 1.64 bits per heavy atom. The van der Waals surface area contributed by atoms with E-state index in [9.17, 15) is 0 Å². The number of hydrogen-bond acceptors (Lipinski definition) is 2. The van der Waals surface area contributed by atoms with Crippen molar-refractivity contribution in [2.45, 2.75) is 19.8 Å². The second kappa shape index (κ2) is 7.69. The first kappa shape index (κ1) is 18.0. The summed E-state index contributed by atoms with van der Waals surface area (Å²) >= 11 is 0. The normalized spacial score (nSPS) is 10.9. The van der Waals surface area contributed by atoms with E-state index in [0.717, 1.165) is 51.9 Å². The van der Waals surface area contributed by atoms with E-state index in [0.29, 0.717) is 5.71 Å². The van der Waals surface area contributed by atoms with Gasteiger partial charge in [-0.3, -0.25) is 0 Å². The van der Waals surface area contributed by atoms with Crippen molar-refractivity contribution in [1.29, 1.82) is 0 Å². The van der Waals surface area contributed by atoms with E-state index in [2.05, 4.69) is 50.4 Å². The van der Waals surface area contributed by atoms with Crippen LogP contribution < -0.4 is 0 Å². The van der Waals surface area contributed by atoms with E-state index < -0.39 is 0 Å². The average Bonchev–Trinajstić information content (AvgIpc) is 3.07. The molecule has 0 spiro atoms. The molecule has 0 fully saturated rings. The Morgan fingerprint density at radius 3 is 2.36 bits per heavy atom. The number of rotatable bonds is 6. The van der Waals surface area contributed by atoms with Gasteiger partial charge in [-0.2, -0.15) is 0 Å². The summed E-state index contributed by atoms with van der Waals surface area (Å²) in [4.78, 5) is 4.97. The van der Waals surface area contributed by atoms with Crippen molar-refractivity contribution >= 4 is 11.1 Å². The summed E-state index contributed by atoms with van der Waals surface area (Å²) < 4.78 is 6.29. The third-order valence-corrected chi connectivity index (χ3v) is 5.01. The molecule has 0 atom stereocenters. The lowest BCUT2D eigenvalue weighted by Crippen LogP contribution is -1.95. The summed E-state index contributed by atoms with van der Waals surface area (Å²) in [7, 11) is 0. The zero-order chi connectivity index (χ0) is 19.5. The zero-order valence-electron chi connectivity index (χ0n) is 16.1. The fraction of sp³-hybridized carbons (Fsp3) is 0.115. The van der Waals surface area contributed by atoms with Gasteiger partial charge in [-0.15, -0.1) is 13.2 Å². The largest absolute Gasteiger partial charge is 0.437 e. The van der Waals surface area contributed by atoms with Gasteiger partial charge in [0.05, 0.1) is 5.69 Å². The molecule has 0 radical (unpaired) electrons. The first-order valence-corrected chi connectivity index (χ1v) is 9.51. The van der Waals surface area contributed by atoms with E-state index in [1.165, 1.54) is 5.56 Å². The molecule has 0 saturated heterocycles. The van der Waals surface area contributed by atoms with Crippen LogP contribution in [0.15, 0.2) is 90.4 Å². The Labute approximate surface area is 165 Å². The molecule has 2 aromatic heterocycles. The minimum Gasteiger partial charge on any atom is -0.437 e. The summed E-state index contributed by atoms with van der Waals surface area (Å²) in [6.45, 7) is 9.98. The van der Waals surface area contributed by atoms with E-state index in [1.807, 2.05) is 42.5 Å². The van der Waals surface area contributed by atoms with Gasteiger partial charge in [0.25, 0.3) is 0 Å². The number of hydrogen-bond donors (Lipinski definition) is 0. The number of allylic oxidation sites excluding steroid dienone is 2. The van der Waals surface area contributed by atoms with Gasteiger partial charge in [-0.05, 0) is 37.0 Å². The Kier molecular flexibility index (Phi) is 4.94. The third kappa shape index (κ3) is 3.18. The van der Waals surface area contributed by atoms with Crippen LogP contribution in [0.3, 0.4) is 0 Å². The highest BCUT2D eigenvalue weighted by Gasteiger charge is 2.19. The van der Waals surface area contributed by atoms with Crippen molar-refractivity contribution in [2.24, 2.45) is 0 Å². The maximum atomic E-state index is 6.29. The van der Waals surface area contributed by atoms with E-state index in [-0.39, 0.29) is 0 Å². The Hall–Kier alpha value is -3.39. The maximum Gasteiger partial charge on any atom is 0.227 e. The second-order valence-electron chi connectivity index (χ2n) is 6.93. The predicted molar refractivity (Wildman–Crippen MR) is 117 cm³/mol. The summed E-state index contributed by atoms with van der Waals surface area (Å²) in [5, 5.41) is 1.05. The molecular formula is C26H23NO. The average molecular weight is 365 g/mol. The summed E-state index contributed by atoms with van der Waals surface area (Å²) in [5.41, 5.74) is 7.30. The molecule has 0 N–H and O–H groups in total. The molecule has 2 aromatic carbocycles. The molecule has 0 saturated carbocycles. The van der Waals surface area contributed by atoms with Gasteiger partial charge in [0.1, 0.15) is 5.76 Å². The molecule has 0 aliphatic rings. The minimum atomic E-state index is 0.668. The highest BCUT2D eigenvalue weighted by Crippen LogP contribution is 2.37. The van der Waals surface area contributed by atoms with Gasteiger partial charge in [0, 0.05) is 22.1 Å². The standard InChI is InChI=1S/C26H23NO/c1-4-11-20-17-23-22(12-5-2)25(19-14-7-6-8-15-19)28-26(23)27-24(20)21-16-10-9-13-18(21)3/h4-10,13-17H,1-2,11-12H2,3H3. The Bertz CT molecular complexity index is 1150. The molecule has 4 rings (SSSR count). The zero-order valence-corrected chi connectivity index (χ0v) is 16.1. The molecule has 28 heavy (non-hydrogen) atoms. The Balaban J connectivity index is 2.01. The van der Waals surface area contributed by atoms with Crippen LogP contribution in [0, 0.1) is 6.92 Å². The van der Waals surface area contributed by atoms with Crippen LogP contribution in [-0.2, 0) is 12.8 Å².